The summed E-state index contributed by atoms with van der Waals surface area (Å²) in [6.45, 7) is 0.200. The fourth-order valence-corrected chi connectivity index (χ4v) is 3.22. The van der Waals surface area contributed by atoms with Crippen LogP contribution >= 0.6 is 11.6 Å². The second kappa shape index (κ2) is 7.92. The Hall–Kier alpha value is -3.59. The van der Waals surface area contributed by atoms with E-state index in [0.717, 1.165) is 24.2 Å². The van der Waals surface area contributed by atoms with Crippen molar-refractivity contribution in [3.05, 3.63) is 77.0 Å². The average molecular weight is 439 g/mol. The molecular weight excluding hydrogens is 423 g/mol. The van der Waals surface area contributed by atoms with Gasteiger partial charge in [0.05, 0.1) is 10.6 Å². The number of nitrogens with one attached hydrogen (secondary N) is 1. The largest absolute Gasteiger partial charge is 0.347 e. The summed E-state index contributed by atoms with van der Waals surface area (Å²) in [4.78, 5) is 25.3. The maximum absolute atomic E-state index is 13.2. The van der Waals surface area contributed by atoms with Gasteiger partial charge >= 0.3 is 0 Å². The summed E-state index contributed by atoms with van der Waals surface area (Å²) in [5.41, 5.74) is 1.63. The highest BCUT2D eigenvalue weighted by Gasteiger charge is 2.29. The molecule has 1 aliphatic rings. The Morgan fingerprint density at radius 1 is 1.26 bits per heavy atom. The molecule has 0 atom stereocenters. The third kappa shape index (κ3) is 4.17. The molecule has 0 unspecified atom stereocenters. The first-order valence-corrected chi connectivity index (χ1v) is 10.0. The van der Waals surface area contributed by atoms with Crippen molar-refractivity contribution in [3.63, 3.8) is 0 Å². The monoisotopic (exact) mass is 438 g/mol. The van der Waals surface area contributed by atoms with Gasteiger partial charge in [-0.25, -0.2) is 14.4 Å². The van der Waals surface area contributed by atoms with Crippen molar-refractivity contribution >= 4 is 17.5 Å². The van der Waals surface area contributed by atoms with E-state index in [1.165, 1.54) is 18.5 Å². The van der Waals surface area contributed by atoms with E-state index in [-0.39, 0.29) is 23.2 Å². The van der Waals surface area contributed by atoms with Gasteiger partial charge in [-0.3, -0.25) is 9.36 Å². The number of nitrogens with zero attached hydrogens (tertiary/aromatic N) is 5. The Balaban J connectivity index is 1.24. The molecule has 4 aromatic rings. The number of aromatic nitrogens is 5. The number of halogens is 2. The van der Waals surface area contributed by atoms with Crippen LogP contribution in [-0.4, -0.2) is 30.6 Å². The van der Waals surface area contributed by atoms with Gasteiger partial charge in [-0.1, -0.05) is 22.8 Å². The summed E-state index contributed by atoms with van der Waals surface area (Å²) < 4.78 is 20.2. The van der Waals surface area contributed by atoms with E-state index < -0.39 is 5.82 Å². The van der Waals surface area contributed by atoms with Crippen molar-refractivity contribution < 1.29 is 13.7 Å². The summed E-state index contributed by atoms with van der Waals surface area (Å²) in [6.07, 6.45) is 6.92. The van der Waals surface area contributed by atoms with Crippen LogP contribution in [0.1, 0.15) is 40.6 Å². The minimum Gasteiger partial charge on any atom is -0.347 e. The van der Waals surface area contributed by atoms with Crippen LogP contribution in [-0.2, 0) is 6.54 Å². The van der Waals surface area contributed by atoms with Gasteiger partial charge < -0.3 is 9.84 Å². The highest BCUT2D eigenvalue weighted by molar-refractivity contribution is 6.30. The zero-order chi connectivity index (χ0) is 21.4. The first kappa shape index (κ1) is 19.4. The number of pyridine rings is 1. The molecule has 0 spiro atoms. The molecule has 0 saturated heterocycles. The number of hydrogen-bond donors (Lipinski definition) is 1. The van der Waals surface area contributed by atoms with Gasteiger partial charge in [0.25, 0.3) is 11.8 Å². The third-order valence-electron chi connectivity index (χ3n) is 4.90. The second-order valence-electron chi connectivity index (χ2n) is 7.23. The molecule has 156 valence electrons. The van der Waals surface area contributed by atoms with E-state index in [4.69, 9.17) is 16.1 Å². The lowest BCUT2D eigenvalue weighted by Crippen LogP contribution is -2.23. The number of rotatable bonds is 6. The van der Waals surface area contributed by atoms with Gasteiger partial charge in [0.1, 0.15) is 23.7 Å². The molecule has 0 aliphatic heterocycles. The molecule has 0 bridgehead atoms. The molecule has 1 aliphatic carbocycles. The summed E-state index contributed by atoms with van der Waals surface area (Å²) in [7, 11) is 0. The fourth-order valence-electron chi connectivity index (χ4n) is 3.01. The first-order valence-electron chi connectivity index (χ1n) is 9.63. The molecule has 1 N–H and O–H groups in total. The van der Waals surface area contributed by atoms with Crippen LogP contribution in [0.4, 0.5) is 4.39 Å². The Kier molecular flexibility index (Phi) is 4.95. The zero-order valence-electron chi connectivity index (χ0n) is 16.1. The van der Waals surface area contributed by atoms with E-state index in [2.05, 4.69) is 25.4 Å². The van der Waals surface area contributed by atoms with E-state index in [1.54, 1.807) is 29.1 Å². The van der Waals surface area contributed by atoms with Gasteiger partial charge in [0.15, 0.2) is 5.82 Å². The molecule has 8 nitrogen and oxygen atoms in total. The van der Waals surface area contributed by atoms with Crippen LogP contribution in [0.25, 0.3) is 17.3 Å². The lowest BCUT2D eigenvalue weighted by Gasteiger charge is -2.04. The lowest BCUT2D eigenvalue weighted by atomic mass is 10.2. The first-order chi connectivity index (χ1) is 15.1. The highest BCUT2D eigenvalue weighted by Crippen LogP contribution is 2.38. The van der Waals surface area contributed by atoms with E-state index >= 15 is 0 Å². The van der Waals surface area contributed by atoms with Crippen LogP contribution in [0, 0.1) is 5.82 Å². The predicted molar refractivity (Wildman–Crippen MR) is 109 cm³/mol. The maximum Gasteiger partial charge on any atom is 0.271 e. The zero-order valence-corrected chi connectivity index (χ0v) is 16.9. The van der Waals surface area contributed by atoms with Crippen molar-refractivity contribution in [1.29, 1.82) is 0 Å². The van der Waals surface area contributed by atoms with Crippen LogP contribution in [0.2, 0.25) is 5.02 Å². The molecule has 3 aromatic heterocycles. The molecule has 1 amide bonds. The van der Waals surface area contributed by atoms with Gasteiger partial charge in [-0.2, -0.15) is 4.98 Å². The smallest absolute Gasteiger partial charge is 0.271 e. The molecule has 1 aromatic carbocycles. The number of carbonyl (C=O) groups is 1. The van der Waals surface area contributed by atoms with Crippen LogP contribution < -0.4 is 5.32 Å². The quantitative estimate of drug-likeness (QED) is 0.490. The van der Waals surface area contributed by atoms with E-state index in [9.17, 15) is 9.18 Å². The number of hydrogen-bond acceptors (Lipinski definition) is 6. The minimum absolute atomic E-state index is 0.00911. The molecule has 5 rings (SSSR count). The van der Waals surface area contributed by atoms with Crippen LogP contribution in [0.15, 0.2) is 53.6 Å². The van der Waals surface area contributed by atoms with Gasteiger partial charge in [-0.15, -0.1) is 0 Å². The van der Waals surface area contributed by atoms with Crippen LogP contribution in [0.5, 0.6) is 0 Å². The Labute approximate surface area is 181 Å². The standard InChI is InChI=1S/C21H16ClFN6O2/c22-15-7-12(1-5-16(15)23)8-25-20(30)17-10-29(11-26-17)18-6-4-14(9-24-18)21-27-19(28-31-21)13-2-3-13/h1,4-7,9-11,13H,2-3,8H2,(H,25,30). The average Bonchev–Trinajstić information content (AvgIpc) is 3.31. The van der Waals surface area contributed by atoms with Gasteiger partial charge in [-0.05, 0) is 42.7 Å². The van der Waals surface area contributed by atoms with Crippen LogP contribution in [0.3, 0.4) is 0 Å². The topological polar surface area (TPSA) is 98.7 Å². The maximum atomic E-state index is 13.2. The number of imidazole rings is 1. The third-order valence-corrected chi connectivity index (χ3v) is 5.19. The SMILES string of the molecule is O=C(NCc1ccc(F)c(Cl)c1)c1cn(-c2ccc(-c3nc(C4CC4)no3)cn2)cn1. The Morgan fingerprint density at radius 2 is 2.13 bits per heavy atom. The van der Waals surface area contributed by atoms with E-state index in [1.807, 2.05) is 6.07 Å². The Bertz CT molecular complexity index is 1250. The van der Waals surface area contributed by atoms with Crippen molar-refractivity contribution in [2.45, 2.75) is 25.3 Å². The molecule has 1 fully saturated rings. The summed E-state index contributed by atoms with van der Waals surface area (Å²) in [6, 6.07) is 7.89. The van der Waals surface area contributed by atoms with Crippen molar-refractivity contribution in [3.8, 4) is 17.3 Å². The van der Waals surface area contributed by atoms with Crippen molar-refractivity contribution in [2.24, 2.45) is 0 Å². The lowest BCUT2D eigenvalue weighted by molar-refractivity contribution is 0.0946. The molecular formula is C21H16ClFN6O2. The van der Waals surface area contributed by atoms with Gasteiger partial charge in [0, 0.05) is 24.9 Å². The fraction of sp³-hybridized carbons (Fsp3) is 0.190. The highest BCUT2D eigenvalue weighted by atomic mass is 35.5. The molecule has 1 saturated carbocycles. The molecule has 0 radical (unpaired) electrons. The minimum atomic E-state index is -0.503. The Morgan fingerprint density at radius 3 is 2.87 bits per heavy atom. The molecule has 31 heavy (non-hydrogen) atoms. The normalized spacial score (nSPS) is 13.4. The number of amides is 1. The number of carbonyl (C=O) groups excluding carboxylic acids is 1. The molecule has 3 heterocycles. The van der Waals surface area contributed by atoms with E-state index in [0.29, 0.717) is 23.2 Å². The predicted octanol–water partition coefficient (Wildman–Crippen LogP) is 3.92. The summed E-state index contributed by atoms with van der Waals surface area (Å²) in [5.74, 6) is 1.31. The summed E-state index contributed by atoms with van der Waals surface area (Å²) >= 11 is 5.76. The van der Waals surface area contributed by atoms with Crippen molar-refractivity contribution in [2.75, 3.05) is 0 Å². The molecule has 10 heteroatoms. The second-order valence-corrected chi connectivity index (χ2v) is 7.64. The number of benzene rings is 1. The van der Waals surface area contributed by atoms with Crippen molar-refractivity contribution in [1.82, 2.24) is 30.0 Å². The van der Waals surface area contributed by atoms with Gasteiger partial charge in [0.2, 0.25) is 0 Å². The summed E-state index contributed by atoms with van der Waals surface area (Å²) in [5, 5.41) is 6.75.